The fourth-order valence-corrected chi connectivity index (χ4v) is 3.33. The number of imidazole rings is 1. The summed E-state index contributed by atoms with van der Waals surface area (Å²) in [6.07, 6.45) is 1.88. The number of benzene rings is 2. The molecule has 0 aliphatic carbocycles. The molecule has 0 saturated heterocycles. The molecule has 2 heterocycles. The number of halogens is 1. The zero-order chi connectivity index (χ0) is 19.7. The lowest BCUT2D eigenvalue weighted by atomic mass is 10.1. The minimum absolute atomic E-state index is 0.320. The predicted molar refractivity (Wildman–Crippen MR) is 111 cm³/mol. The summed E-state index contributed by atoms with van der Waals surface area (Å²) in [5.41, 5.74) is 3.77. The Bertz CT molecular complexity index is 1170. The second kappa shape index (κ2) is 7.37. The monoisotopic (exact) mass is 391 g/mol. The molecule has 0 radical (unpaired) electrons. The number of nitrogens with zero attached hydrogens (tertiary/aromatic N) is 2. The van der Waals surface area contributed by atoms with E-state index in [9.17, 15) is 4.79 Å². The van der Waals surface area contributed by atoms with E-state index in [0.717, 1.165) is 16.8 Å². The first-order chi connectivity index (χ1) is 13.6. The number of pyridine rings is 1. The number of nitrogens with one attached hydrogen (secondary N) is 1. The van der Waals surface area contributed by atoms with Gasteiger partial charge in [-0.3, -0.25) is 9.20 Å². The van der Waals surface area contributed by atoms with Gasteiger partial charge in [-0.05, 0) is 36.8 Å². The number of rotatable bonds is 4. The van der Waals surface area contributed by atoms with Gasteiger partial charge < -0.3 is 10.1 Å². The molecule has 140 valence electrons. The van der Waals surface area contributed by atoms with Crippen molar-refractivity contribution in [2.45, 2.75) is 6.92 Å². The van der Waals surface area contributed by atoms with Crippen molar-refractivity contribution in [3.05, 3.63) is 83.0 Å². The third-order valence-electron chi connectivity index (χ3n) is 4.53. The van der Waals surface area contributed by atoms with Gasteiger partial charge in [-0.2, -0.15) is 0 Å². The summed E-state index contributed by atoms with van der Waals surface area (Å²) in [5, 5.41) is 3.46. The van der Waals surface area contributed by atoms with E-state index in [1.165, 1.54) is 7.11 Å². The molecular weight excluding hydrogens is 374 g/mol. The molecule has 4 rings (SSSR count). The minimum atomic E-state index is -0.320. The first-order valence-electron chi connectivity index (χ1n) is 8.76. The number of fused-ring (bicyclic) bond motifs is 1. The summed E-state index contributed by atoms with van der Waals surface area (Å²) in [4.78, 5) is 17.8. The van der Waals surface area contributed by atoms with Crippen LogP contribution in [0.25, 0.3) is 16.9 Å². The molecule has 1 N–H and O–H groups in total. The molecule has 2 aromatic carbocycles. The first-order valence-corrected chi connectivity index (χ1v) is 9.14. The van der Waals surface area contributed by atoms with Crippen LogP contribution in [-0.2, 0) is 0 Å². The Hall–Kier alpha value is -3.31. The van der Waals surface area contributed by atoms with Crippen molar-refractivity contribution >= 4 is 29.0 Å². The lowest BCUT2D eigenvalue weighted by Gasteiger charge is -2.11. The fourth-order valence-electron chi connectivity index (χ4n) is 3.15. The summed E-state index contributed by atoms with van der Waals surface area (Å²) in [5.74, 6) is 0.727. The van der Waals surface area contributed by atoms with Gasteiger partial charge in [-0.1, -0.05) is 48.0 Å². The zero-order valence-electron chi connectivity index (χ0n) is 15.4. The summed E-state index contributed by atoms with van der Waals surface area (Å²) < 4.78 is 7.20. The van der Waals surface area contributed by atoms with E-state index in [4.69, 9.17) is 21.3 Å². The number of hydrogen-bond acceptors (Lipinski definition) is 3. The van der Waals surface area contributed by atoms with Crippen LogP contribution in [0.1, 0.15) is 15.9 Å². The van der Waals surface area contributed by atoms with E-state index < -0.39 is 0 Å². The van der Waals surface area contributed by atoms with Crippen LogP contribution in [0.15, 0.2) is 66.9 Å². The van der Waals surface area contributed by atoms with Gasteiger partial charge in [0, 0.05) is 16.8 Å². The molecule has 0 spiro atoms. The maximum absolute atomic E-state index is 13.1. The molecule has 0 aliphatic heterocycles. The number of hydrogen-bond donors (Lipinski definition) is 1. The van der Waals surface area contributed by atoms with E-state index in [0.29, 0.717) is 27.8 Å². The SMILES string of the molecule is COc1ccc(Cl)cc1C(=O)Nc1c(-c2ccccc2)nc2c(C)cccn12. The smallest absolute Gasteiger partial charge is 0.260 e. The van der Waals surface area contributed by atoms with Crippen LogP contribution in [0.2, 0.25) is 5.02 Å². The number of carbonyl (C=O) groups is 1. The number of ether oxygens (including phenoxy) is 1. The van der Waals surface area contributed by atoms with Crippen molar-refractivity contribution in [1.82, 2.24) is 9.38 Å². The lowest BCUT2D eigenvalue weighted by Crippen LogP contribution is -2.15. The highest BCUT2D eigenvalue weighted by Crippen LogP contribution is 2.31. The largest absolute Gasteiger partial charge is 0.496 e. The first kappa shape index (κ1) is 18.1. The third kappa shape index (κ3) is 3.21. The molecule has 0 bridgehead atoms. The number of carbonyl (C=O) groups excluding carboxylic acids is 1. The topological polar surface area (TPSA) is 55.6 Å². The molecule has 1 amide bonds. The van der Waals surface area contributed by atoms with Crippen molar-refractivity contribution in [1.29, 1.82) is 0 Å². The second-order valence-corrected chi connectivity index (χ2v) is 6.80. The molecule has 4 aromatic rings. The van der Waals surface area contributed by atoms with E-state index in [1.54, 1.807) is 18.2 Å². The molecule has 0 atom stereocenters. The maximum atomic E-state index is 13.1. The van der Waals surface area contributed by atoms with Crippen LogP contribution in [0.4, 0.5) is 5.82 Å². The normalized spacial score (nSPS) is 10.8. The summed E-state index contributed by atoms with van der Waals surface area (Å²) in [6.45, 7) is 1.99. The van der Waals surface area contributed by atoms with Gasteiger partial charge in [-0.15, -0.1) is 0 Å². The molecule has 6 heteroatoms. The Labute approximate surface area is 167 Å². The van der Waals surface area contributed by atoms with E-state index in [2.05, 4.69) is 5.32 Å². The zero-order valence-corrected chi connectivity index (χ0v) is 16.2. The maximum Gasteiger partial charge on any atom is 0.260 e. The van der Waals surface area contributed by atoms with E-state index >= 15 is 0 Å². The van der Waals surface area contributed by atoms with Crippen molar-refractivity contribution in [3.8, 4) is 17.0 Å². The minimum Gasteiger partial charge on any atom is -0.496 e. The molecule has 2 aromatic heterocycles. The number of methoxy groups -OCH3 is 1. The lowest BCUT2D eigenvalue weighted by molar-refractivity contribution is 0.102. The average Bonchev–Trinajstić information content (AvgIpc) is 3.08. The predicted octanol–water partition coefficient (Wildman–Crippen LogP) is 5.22. The van der Waals surface area contributed by atoms with Crippen molar-refractivity contribution in [3.63, 3.8) is 0 Å². The van der Waals surface area contributed by atoms with E-state index in [1.807, 2.05) is 60.0 Å². The molecule has 0 fully saturated rings. The summed E-state index contributed by atoms with van der Waals surface area (Å²) in [6, 6.07) is 18.6. The molecular formula is C22H18ClN3O2. The van der Waals surface area contributed by atoms with Crippen LogP contribution < -0.4 is 10.1 Å². The quantitative estimate of drug-likeness (QED) is 0.518. The Balaban J connectivity index is 1.85. The standard InChI is InChI=1S/C22H18ClN3O2/c1-14-7-6-12-26-20(14)24-19(15-8-4-3-5-9-15)21(26)25-22(27)17-13-16(23)10-11-18(17)28-2/h3-13H,1-2H3,(H,25,27). The fraction of sp³-hybridized carbons (Fsp3) is 0.0909. The van der Waals surface area contributed by atoms with Gasteiger partial charge in [0.2, 0.25) is 0 Å². The van der Waals surface area contributed by atoms with Crippen LogP contribution in [-0.4, -0.2) is 22.4 Å². The van der Waals surface area contributed by atoms with Gasteiger partial charge >= 0.3 is 0 Å². The molecule has 0 unspecified atom stereocenters. The van der Waals surface area contributed by atoms with Gasteiger partial charge in [0.15, 0.2) is 0 Å². The molecule has 28 heavy (non-hydrogen) atoms. The number of amides is 1. The van der Waals surface area contributed by atoms with Crippen molar-refractivity contribution in [2.75, 3.05) is 12.4 Å². The van der Waals surface area contributed by atoms with Crippen molar-refractivity contribution < 1.29 is 9.53 Å². The number of aryl methyl sites for hydroxylation is 1. The van der Waals surface area contributed by atoms with E-state index in [-0.39, 0.29) is 5.91 Å². The highest BCUT2D eigenvalue weighted by atomic mass is 35.5. The Morgan fingerprint density at radius 3 is 2.64 bits per heavy atom. The van der Waals surface area contributed by atoms with Gasteiger partial charge in [0.1, 0.15) is 22.9 Å². The van der Waals surface area contributed by atoms with Crippen LogP contribution in [0, 0.1) is 6.92 Å². The third-order valence-corrected chi connectivity index (χ3v) is 4.77. The number of aromatic nitrogens is 2. The van der Waals surface area contributed by atoms with Gasteiger partial charge in [0.25, 0.3) is 5.91 Å². The Morgan fingerprint density at radius 2 is 1.89 bits per heavy atom. The highest BCUT2D eigenvalue weighted by molar-refractivity contribution is 6.31. The Kier molecular flexibility index (Phi) is 4.75. The molecule has 0 saturated carbocycles. The van der Waals surface area contributed by atoms with Crippen LogP contribution in [0.5, 0.6) is 5.75 Å². The van der Waals surface area contributed by atoms with Crippen LogP contribution in [0.3, 0.4) is 0 Å². The van der Waals surface area contributed by atoms with Gasteiger partial charge in [0.05, 0.1) is 12.7 Å². The molecule has 5 nitrogen and oxygen atoms in total. The number of anilines is 1. The van der Waals surface area contributed by atoms with Crippen molar-refractivity contribution in [2.24, 2.45) is 0 Å². The summed E-state index contributed by atoms with van der Waals surface area (Å²) >= 11 is 6.09. The van der Waals surface area contributed by atoms with Crippen LogP contribution >= 0.6 is 11.6 Å². The highest BCUT2D eigenvalue weighted by Gasteiger charge is 2.20. The summed E-state index contributed by atoms with van der Waals surface area (Å²) in [7, 11) is 1.52. The second-order valence-electron chi connectivity index (χ2n) is 6.36. The van der Waals surface area contributed by atoms with Gasteiger partial charge in [-0.25, -0.2) is 4.98 Å². The molecule has 0 aliphatic rings. The Morgan fingerprint density at radius 1 is 1.11 bits per heavy atom. The average molecular weight is 392 g/mol.